The van der Waals surface area contributed by atoms with Crippen molar-refractivity contribution in [3.8, 4) is 10.4 Å². The molecule has 0 aliphatic carbocycles. The van der Waals surface area contributed by atoms with Gasteiger partial charge in [-0.2, -0.15) is 13.2 Å². The number of hydrogen-bond donors (Lipinski definition) is 2. The minimum absolute atomic E-state index is 0.0296. The van der Waals surface area contributed by atoms with Gasteiger partial charge in [-0.1, -0.05) is 41.7 Å². The zero-order valence-corrected chi connectivity index (χ0v) is 14.5. The molecule has 2 amide bonds. The molecule has 0 aliphatic heterocycles. The number of urea groups is 1. The molecule has 1 aromatic carbocycles. The molecule has 0 bridgehead atoms. The molecule has 0 spiro atoms. The number of amides is 2. The second-order valence-electron chi connectivity index (χ2n) is 5.20. The second-order valence-corrected chi connectivity index (χ2v) is 6.23. The monoisotopic (exact) mass is 389 g/mol. The van der Waals surface area contributed by atoms with E-state index in [-0.39, 0.29) is 26.3 Å². The number of thiazole rings is 1. The molecule has 142 valence electrons. The summed E-state index contributed by atoms with van der Waals surface area (Å²) in [6, 6.07) is 8.92. The van der Waals surface area contributed by atoms with Crippen molar-refractivity contribution in [2.45, 2.75) is 6.18 Å². The van der Waals surface area contributed by atoms with Gasteiger partial charge in [0.2, 0.25) is 0 Å². The van der Waals surface area contributed by atoms with E-state index in [0.29, 0.717) is 5.13 Å². The molecule has 2 N–H and O–H groups in total. The zero-order valence-electron chi connectivity index (χ0n) is 13.7. The lowest BCUT2D eigenvalue weighted by Gasteiger charge is -2.21. The number of aliphatic hydroxyl groups is 1. The number of rotatable bonds is 8. The topological polar surface area (TPSA) is 74.7 Å². The van der Waals surface area contributed by atoms with Gasteiger partial charge in [-0.25, -0.2) is 9.78 Å². The third-order valence-corrected chi connectivity index (χ3v) is 4.17. The van der Waals surface area contributed by atoms with Crippen molar-refractivity contribution >= 4 is 22.5 Å². The smallest absolute Gasteiger partial charge is 0.395 e. The van der Waals surface area contributed by atoms with Crippen LogP contribution in [0, 0.1) is 0 Å². The summed E-state index contributed by atoms with van der Waals surface area (Å²) in [7, 11) is 0. The minimum atomic E-state index is -4.42. The van der Waals surface area contributed by atoms with Gasteiger partial charge in [-0.05, 0) is 5.56 Å². The molecule has 0 saturated carbocycles. The van der Waals surface area contributed by atoms with Crippen molar-refractivity contribution in [2.75, 3.05) is 38.2 Å². The van der Waals surface area contributed by atoms with Gasteiger partial charge >= 0.3 is 12.2 Å². The largest absolute Gasteiger partial charge is 0.411 e. The quantitative estimate of drug-likeness (QED) is 0.680. The van der Waals surface area contributed by atoms with Crippen LogP contribution in [0.3, 0.4) is 0 Å². The number of anilines is 1. The average Bonchev–Trinajstić information content (AvgIpc) is 3.06. The summed E-state index contributed by atoms with van der Waals surface area (Å²) < 4.78 is 40.7. The Hall–Kier alpha value is -2.17. The molecule has 1 aromatic heterocycles. The first-order valence-electron chi connectivity index (χ1n) is 7.71. The predicted molar refractivity (Wildman–Crippen MR) is 92.1 cm³/mol. The van der Waals surface area contributed by atoms with E-state index in [1.54, 1.807) is 6.20 Å². The van der Waals surface area contributed by atoms with Crippen LogP contribution in [0.2, 0.25) is 0 Å². The highest BCUT2D eigenvalue weighted by Gasteiger charge is 2.27. The number of carbonyl (C=O) groups is 1. The van der Waals surface area contributed by atoms with E-state index in [2.05, 4.69) is 15.0 Å². The number of hydrogen-bond acceptors (Lipinski definition) is 5. The maximum atomic E-state index is 12.2. The molecule has 0 radical (unpaired) electrons. The Balaban J connectivity index is 1.89. The maximum absolute atomic E-state index is 12.2. The van der Waals surface area contributed by atoms with E-state index in [4.69, 9.17) is 5.11 Å². The lowest BCUT2D eigenvalue weighted by molar-refractivity contribution is -0.174. The SMILES string of the molecule is O=C(Nc1ncc(-c2ccccc2)s1)N(CCO)CCOCC(F)(F)F. The van der Waals surface area contributed by atoms with E-state index < -0.39 is 18.8 Å². The summed E-state index contributed by atoms with van der Waals surface area (Å²) in [6.45, 7) is -2.11. The lowest BCUT2D eigenvalue weighted by atomic mass is 10.2. The molecular formula is C16H18F3N3O3S. The fourth-order valence-corrected chi connectivity index (χ4v) is 2.85. The van der Waals surface area contributed by atoms with Crippen molar-refractivity contribution in [3.63, 3.8) is 0 Å². The summed E-state index contributed by atoms with van der Waals surface area (Å²) in [4.78, 5) is 18.4. The molecule has 0 saturated heterocycles. The Labute approximate surface area is 152 Å². The van der Waals surface area contributed by atoms with Gasteiger partial charge in [0.25, 0.3) is 0 Å². The van der Waals surface area contributed by atoms with Gasteiger partial charge in [-0.15, -0.1) is 0 Å². The van der Waals surface area contributed by atoms with E-state index in [1.807, 2.05) is 30.3 Å². The van der Waals surface area contributed by atoms with Crippen molar-refractivity contribution in [1.82, 2.24) is 9.88 Å². The summed E-state index contributed by atoms with van der Waals surface area (Å²) in [5.41, 5.74) is 0.957. The van der Waals surface area contributed by atoms with Crippen molar-refractivity contribution in [1.29, 1.82) is 0 Å². The number of halogens is 3. The number of nitrogens with zero attached hydrogens (tertiary/aromatic N) is 2. The van der Waals surface area contributed by atoms with Crippen LogP contribution in [0.5, 0.6) is 0 Å². The number of nitrogens with one attached hydrogen (secondary N) is 1. The van der Waals surface area contributed by atoms with Crippen LogP contribution in [0.15, 0.2) is 36.5 Å². The van der Waals surface area contributed by atoms with Gasteiger partial charge in [0.15, 0.2) is 5.13 Å². The van der Waals surface area contributed by atoms with Crippen LogP contribution in [0.25, 0.3) is 10.4 Å². The number of ether oxygens (including phenoxy) is 1. The Morgan fingerprint density at radius 1 is 1.27 bits per heavy atom. The number of aliphatic hydroxyl groups excluding tert-OH is 1. The molecule has 10 heteroatoms. The first-order valence-corrected chi connectivity index (χ1v) is 8.53. The molecule has 2 rings (SSSR count). The summed E-state index contributed by atoms with van der Waals surface area (Å²) in [6.07, 6.45) is -2.79. The standard InChI is InChI=1S/C16H18F3N3O3S/c17-16(18,19)11-25-9-7-22(6-8-23)15(24)21-14-20-10-13(26-14)12-4-2-1-3-5-12/h1-5,10,23H,6-9,11H2,(H,20,21,24). The van der Waals surface area contributed by atoms with Gasteiger partial charge in [0.05, 0.1) is 18.1 Å². The Bertz CT molecular complexity index is 695. The fraction of sp³-hybridized carbons (Fsp3) is 0.375. The van der Waals surface area contributed by atoms with Crippen LogP contribution < -0.4 is 5.32 Å². The van der Waals surface area contributed by atoms with Crippen molar-refractivity contribution in [3.05, 3.63) is 36.5 Å². The maximum Gasteiger partial charge on any atom is 0.411 e. The highest BCUT2D eigenvalue weighted by Crippen LogP contribution is 2.28. The molecule has 26 heavy (non-hydrogen) atoms. The Morgan fingerprint density at radius 2 is 2.00 bits per heavy atom. The normalized spacial score (nSPS) is 11.4. The third kappa shape index (κ3) is 6.62. The minimum Gasteiger partial charge on any atom is -0.395 e. The highest BCUT2D eigenvalue weighted by molar-refractivity contribution is 7.19. The average molecular weight is 389 g/mol. The fourth-order valence-electron chi connectivity index (χ4n) is 2.04. The lowest BCUT2D eigenvalue weighted by Crippen LogP contribution is -2.39. The molecule has 0 unspecified atom stereocenters. The summed E-state index contributed by atoms with van der Waals surface area (Å²) in [5, 5.41) is 12.0. The number of aromatic nitrogens is 1. The molecular weight excluding hydrogens is 371 g/mol. The van der Waals surface area contributed by atoms with Crippen LogP contribution in [0.4, 0.5) is 23.1 Å². The number of benzene rings is 1. The van der Waals surface area contributed by atoms with E-state index >= 15 is 0 Å². The number of carbonyl (C=O) groups excluding carboxylic acids is 1. The molecule has 6 nitrogen and oxygen atoms in total. The van der Waals surface area contributed by atoms with Gasteiger partial charge in [0, 0.05) is 19.3 Å². The van der Waals surface area contributed by atoms with Crippen LogP contribution in [0.1, 0.15) is 0 Å². The van der Waals surface area contributed by atoms with Gasteiger partial charge in [0.1, 0.15) is 6.61 Å². The van der Waals surface area contributed by atoms with Gasteiger partial charge < -0.3 is 14.7 Å². The Morgan fingerprint density at radius 3 is 2.65 bits per heavy atom. The summed E-state index contributed by atoms with van der Waals surface area (Å²) in [5.74, 6) is 0. The van der Waals surface area contributed by atoms with E-state index in [0.717, 1.165) is 10.4 Å². The third-order valence-electron chi connectivity index (χ3n) is 3.21. The number of alkyl halides is 3. The van der Waals surface area contributed by atoms with Crippen LogP contribution in [-0.4, -0.2) is 60.1 Å². The van der Waals surface area contributed by atoms with Crippen LogP contribution >= 0.6 is 11.3 Å². The first kappa shape index (κ1) is 20.1. The molecule has 0 fully saturated rings. The molecule has 2 aromatic rings. The first-order chi connectivity index (χ1) is 12.4. The molecule has 0 atom stereocenters. The summed E-state index contributed by atoms with van der Waals surface area (Å²) >= 11 is 1.27. The van der Waals surface area contributed by atoms with E-state index in [1.165, 1.54) is 16.2 Å². The molecule has 1 heterocycles. The van der Waals surface area contributed by atoms with E-state index in [9.17, 15) is 18.0 Å². The van der Waals surface area contributed by atoms with Crippen molar-refractivity contribution in [2.24, 2.45) is 0 Å². The predicted octanol–water partition coefficient (Wildman–Crippen LogP) is 3.22. The van der Waals surface area contributed by atoms with Crippen LogP contribution in [-0.2, 0) is 4.74 Å². The molecule has 0 aliphatic rings. The van der Waals surface area contributed by atoms with Gasteiger partial charge in [-0.3, -0.25) is 5.32 Å². The Kier molecular flexibility index (Phi) is 7.37. The second kappa shape index (κ2) is 9.51. The zero-order chi connectivity index (χ0) is 19.0. The van der Waals surface area contributed by atoms with Crippen molar-refractivity contribution < 1.29 is 27.8 Å². The highest BCUT2D eigenvalue weighted by atomic mass is 32.1.